The molecule has 1 saturated heterocycles. The van der Waals surface area contributed by atoms with Crippen LogP contribution in [0.25, 0.3) is 5.57 Å². The van der Waals surface area contributed by atoms with Crippen molar-refractivity contribution < 1.29 is 18.3 Å². The molecule has 0 radical (unpaired) electrons. The highest BCUT2D eigenvalue weighted by Gasteiger charge is 2.44. The second-order valence-corrected chi connectivity index (χ2v) is 10.5. The summed E-state index contributed by atoms with van der Waals surface area (Å²) < 4.78 is 28.5. The minimum Gasteiger partial charge on any atom is -0.368 e. The van der Waals surface area contributed by atoms with Crippen LogP contribution in [-0.4, -0.2) is 30.0 Å². The van der Waals surface area contributed by atoms with Gasteiger partial charge in [-0.3, -0.25) is 4.79 Å². The van der Waals surface area contributed by atoms with E-state index in [1.807, 2.05) is 19.9 Å². The first-order valence-electron chi connectivity index (χ1n) is 8.80. The van der Waals surface area contributed by atoms with Gasteiger partial charge in [-0.1, -0.05) is 48.2 Å². The van der Waals surface area contributed by atoms with Gasteiger partial charge in [0.1, 0.15) is 4.32 Å². The smallest absolute Gasteiger partial charge is 0.267 e. The molecule has 2 aliphatic rings. The predicted molar refractivity (Wildman–Crippen MR) is 118 cm³/mol. The number of hydrogen-bond donors (Lipinski definition) is 2. The normalized spacial score (nSPS) is 21.5. The lowest BCUT2D eigenvalue weighted by Gasteiger charge is -2.25. The molecule has 0 aromatic heterocycles. The molecular formula is C20H18N2O4S3. The summed E-state index contributed by atoms with van der Waals surface area (Å²) in [4.78, 5) is 12.7. The third-order valence-corrected chi connectivity index (χ3v) is 8.26. The van der Waals surface area contributed by atoms with Gasteiger partial charge < -0.3 is 10.4 Å². The average Bonchev–Trinajstić information content (AvgIpc) is 3.12. The monoisotopic (exact) mass is 446 g/mol. The zero-order valence-corrected chi connectivity index (χ0v) is 18.3. The van der Waals surface area contributed by atoms with Crippen molar-refractivity contribution in [1.82, 2.24) is 5.32 Å². The molecule has 1 fully saturated rings. The molecule has 4 rings (SSSR count). The lowest BCUT2D eigenvalue weighted by atomic mass is 10.1. The first-order valence-corrected chi connectivity index (χ1v) is 11.5. The highest BCUT2D eigenvalue weighted by molar-refractivity contribution is 8.26. The molecule has 9 heteroatoms. The molecule has 150 valence electrons. The molecular weight excluding hydrogens is 428 g/mol. The van der Waals surface area contributed by atoms with E-state index in [4.69, 9.17) is 12.2 Å². The predicted octanol–water partition coefficient (Wildman–Crippen LogP) is 3.00. The van der Waals surface area contributed by atoms with E-state index in [-0.39, 0.29) is 19.7 Å². The minimum atomic E-state index is -4.09. The molecule has 2 N–H and O–H groups in total. The zero-order chi connectivity index (χ0) is 21.1. The fourth-order valence-corrected chi connectivity index (χ4v) is 6.52. The van der Waals surface area contributed by atoms with Crippen LogP contribution >= 0.6 is 24.0 Å². The maximum Gasteiger partial charge on any atom is 0.267 e. The van der Waals surface area contributed by atoms with Gasteiger partial charge >= 0.3 is 0 Å². The number of nitrogens with one attached hydrogen (secondary N) is 1. The average molecular weight is 447 g/mol. The summed E-state index contributed by atoms with van der Waals surface area (Å²) in [6.45, 7) is 5.49. The Labute approximate surface area is 178 Å². The molecule has 2 aromatic carbocycles. The third-order valence-electron chi connectivity index (χ3n) is 5.10. The maximum atomic E-state index is 13.6. The van der Waals surface area contributed by atoms with Gasteiger partial charge in [-0.05, 0) is 49.6 Å². The number of hydrogen-bond acceptors (Lipinski definition) is 6. The zero-order valence-electron chi connectivity index (χ0n) is 15.9. The van der Waals surface area contributed by atoms with E-state index in [1.165, 1.54) is 0 Å². The summed E-state index contributed by atoms with van der Waals surface area (Å²) in [6, 6.07) is 10.2. The number of fused-ring (bicyclic) bond motifs is 1. The van der Waals surface area contributed by atoms with Crippen LogP contribution < -0.4 is 9.62 Å². The number of aliphatic hydroxyl groups excluding tert-OH is 1. The Kier molecular flexibility index (Phi) is 4.81. The fourth-order valence-electron chi connectivity index (χ4n) is 3.59. The highest BCUT2D eigenvalue weighted by Crippen LogP contribution is 2.47. The molecule has 29 heavy (non-hydrogen) atoms. The quantitative estimate of drug-likeness (QED) is 0.545. The van der Waals surface area contributed by atoms with Gasteiger partial charge in [-0.25, -0.2) is 12.7 Å². The highest BCUT2D eigenvalue weighted by atomic mass is 32.2. The van der Waals surface area contributed by atoms with Gasteiger partial charge in [-0.15, -0.1) is 0 Å². The summed E-state index contributed by atoms with van der Waals surface area (Å²) in [5.74, 6) is -0.439. The number of anilines is 1. The Balaban J connectivity index is 1.94. The summed E-state index contributed by atoms with van der Waals surface area (Å²) in [7, 11) is -4.09. The van der Waals surface area contributed by atoms with Crippen molar-refractivity contribution >= 4 is 55.5 Å². The SMILES string of the molecule is Cc1cc(C)c(S(=O)(=O)N2c3ccccc3/C(=C3\SC(=S)NC3=O)C2O)cc1C. The first kappa shape index (κ1) is 20.1. The van der Waals surface area contributed by atoms with Gasteiger partial charge in [-0.2, -0.15) is 0 Å². The van der Waals surface area contributed by atoms with Crippen molar-refractivity contribution in [2.24, 2.45) is 0 Å². The molecule has 1 amide bonds. The molecule has 0 saturated carbocycles. The largest absolute Gasteiger partial charge is 0.368 e. The van der Waals surface area contributed by atoms with Crippen LogP contribution in [0.15, 0.2) is 46.2 Å². The number of nitrogens with zero attached hydrogens (tertiary/aromatic N) is 1. The Bertz CT molecular complexity index is 1220. The van der Waals surface area contributed by atoms with E-state index in [0.29, 0.717) is 16.8 Å². The van der Waals surface area contributed by atoms with Crippen molar-refractivity contribution in [2.45, 2.75) is 31.9 Å². The van der Waals surface area contributed by atoms with E-state index in [1.54, 1.807) is 37.3 Å². The number of para-hydroxylation sites is 1. The second kappa shape index (κ2) is 6.94. The summed E-state index contributed by atoms with van der Waals surface area (Å²) in [6.07, 6.45) is -1.53. The van der Waals surface area contributed by atoms with Crippen LogP contribution in [0.3, 0.4) is 0 Å². The summed E-state index contributed by atoms with van der Waals surface area (Å²) in [5.41, 5.74) is 3.48. The summed E-state index contributed by atoms with van der Waals surface area (Å²) in [5, 5.41) is 13.6. The lowest BCUT2D eigenvalue weighted by Crippen LogP contribution is -2.38. The third kappa shape index (κ3) is 3.09. The molecule has 6 nitrogen and oxygen atoms in total. The summed E-state index contributed by atoms with van der Waals surface area (Å²) >= 11 is 6.08. The minimum absolute atomic E-state index is 0.125. The van der Waals surface area contributed by atoms with Crippen LogP contribution in [0.1, 0.15) is 22.3 Å². The number of benzene rings is 2. The Morgan fingerprint density at radius 2 is 1.76 bits per heavy atom. The van der Waals surface area contributed by atoms with Crippen molar-refractivity contribution in [3.63, 3.8) is 0 Å². The van der Waals surface area contributed by atoms with E-state index in [2.05, 4.69) is 5.32 Å². The lowest BCUT2D eigenvalue weighted by molar-refractivity contribution is -0.115. The number of carbonyl (C=O) groups is 1. The van der Waals surface area contributed by atoms with Crippen LogP contribution in [-0.2, 0) is 14.8 Å². The van der Waals surface area contributed by atoms with Gasteiger partial charge in [0.2, 0.25) is 0 Å². The molecule has 0 spiro atoms. The number of rotatable bonds is 2. The van der Waals surface area contributed by atoms with Crippen molar-refractivity contribution in [3.8, 4) is 0 Å². The van der Waals surface area contributed by atoms with Gasteiger partial charge in [0.25, 0.3) is 15.9 Å². The Morgan fingerprint density at radius 1 is 1.10 bits per heavy atom. The number of amides is 1. The molecule has 2 aliphatic heterocycles. The number of sulfonamides is 1. The van der Waals surface area contributed by atoms with Crippen molar-refractivity contribution in [1.29, 1.82) is 0 Å². The molecule has 1 atom stereocenters. The number of aliphatic hydroxyl groups is 1. The number of carbonyl (C=O) groups excluding carboxylic acids is 1. The standard InChI is InChI=1S/C20H18N2O4S3/c1-10-8-12(3)15(9-11(10)2)29(25,26)22-14-7-5-4-6-13(14)16(19(22)24)17-18(23)21-20(27)28-17/h4-9,19,24H,1-3H3,(H,21,23,27)/b17-16+. The molecule has 2 heterocycles. The van der Waals surface area contributed by atoms with Gasteiger partial charge in [0.15, 0.2) is 6.23 Å². The Hall–Kier alpha value is -2.20. The topological polar surface area (TPSA) is 86.7 Å². The van der Waals surface area contributed by atoms with E-state index in [0.717, 1.165) is 27.2 Å². The molecule has 2 aromatic rings. The van der Waals surface area contributed by atoms with Crippen LogP contribution in [0.4, 0.5) is 5.69 Å². The van der Waals surface area contributed by atoms with E-state index < -0.39 is 22.2 Å². The fraction of sp³-hybridized carbons (Fsp3) is 0.200. The first-order chi connectivity index (χ1) is 13.6. The van der Waals surface area contributed by atoms with Gasteiger partial charge in [0, 0.05) is 11.1 Å². The second-order valence-electron chi connectivity index (χ2n) is 6.98. The van der Waals surface area contributed by atoms with Gasteiger partial charge in [0.05, 0.1) is 15.5 Å². The Morgan fingerprint density at radius 3 is 2.41 bits per heavy atom. The van der Waals surface area contributed by atoms with Crippen molar-refractivity contribution in [2.75, 3.05) is 4.31 Å². The molecule has 0 aliphatic carbocycles. The van der Waals surface area contributed by atoms with Crippen LogP contribution in [0.2, 0.25) is 0 Å². The maximum absolute atomic E-state index is 13.6. The van der Waals surface area contributed by atoms with Crippen molar-refractivity contribution in [3.05, 3.63) is 63.6 Å². The number of thioether (sulfide) groups is 1. The van der Waals surface area contributed by atoms with E-state index in [9.17, 15) is 18.3 Å². The van der Waals surface area contributed by atoms with E-state index >= 15 is 0 Å². The van der Waals surface area contributed by atoms with Crippen LogP contribution in [0.5, 0.6) is 0 Å². The number of aryl methyl sites for hydroxylation is 3. The molecule has 0 bridgehead atoms. The number of thiocarbonyl (C=S) groups is 1. The van der Waals surface area contributed by atoms with Crippen LogP contribution in [0, 0.1) is 20.8 Å². The molecule has 1 unspecified atom stereocenters.